The minimum atomic E-state index is -0.482. The van der Waals surface area contributed by atoms with Gasteiger partial charge in [-0.25, -0.2) is 0 Å². The normalized spacial score (nSPS) is 15.7. The first-order valence-electron chi connectivity index (χ1n) is 9.95. The molecule has 0 aromatic heterocycles. The van der Waals surface area contributed by atoms with Crippen molar-refractivity contribution in [3.8, 4) is 0 Å². The van der Waals surface area contributed by atoms with Crippen molar-refractivity contribution in [2.24, 2.45) is 0 Å². The summed E-state index contributed by atoms with van der Waals surface area (Å²) in [5, 5.41) is 11.1. The number of para-hydroxylation sites is 1. The Morgan fingerprint density at radius 3 is 1.81 bits per heavy atom. The number of nitrogens with zero attached hydrogens (tertiary/aromatic N) is 3. The molecule has 7 heteroatoms. The van der Waals surface area contributed by atoms with Crippen LogP contribution in [-0.4, -0.2) is 28.7 Å². The van der Waals surface area contributed by atoms with Gasteiger partial charge in [-0.3, -0.25) is 24.6 Å². The Hall–Kier alpha value is -4.52. The number of hydrogen-bond acceptors (Lipinski definition) is 4. The van der Waals surface area contributed by atoms with E-state index in [4.69, 9.17) is 0 Å². The van der Waals surface area contributed by atoms with Gasteiger partial charge in [0.1, 0.15) is 0 Å². The van der Waals surface area contributed by atoms with E-state index in [1.54, 1.807) is 31.3 Å². The lowest BCUT2D eigenvalue weighted by Gasteiger charge is -2.23. The minimum Gasteiger partial charge on any atom is -0.310 e. The molecule has 2 heterocycles. The van der Waals surface area contributed by atoms with Gasteiger partial charge >= 0.3 is 0 Å². The number of nitro groups is 1. The molecule has 5 rings (SSSR count). The molecule has 0 fully saturated rings. The number of likely N-dealkylation sites (N-methyl/N-ethyl adjacent to an activating group) is 1. The van der Waals surface area contributed by atoms with Gasteiger partial charge in [0.25, 0.3) is 17.5 Å². The third-order valence-corrected chi connectivity index (χ3v) is 5.63. The van der Waals surface area contributed by atoms with Crippen molar-refractivity contribution in [3.05, 3.63) is 117 Å². The predicted molar refractivity (Wildman–Crippen MR) is 120 cm³/mol. The fourth-order valence-corrected chi connectivity index (χ4v) is 4.19. The number of hydrogen-bond donors (Lipinski definition) is 0. The zero-order valence-electron chi connectivity index (χ0n) is 17.1. The first kappa shape index (κ1) is 19.4. The molecule has 3 aromatic rings. The lowest BCUT2D eigenvalue weighted by atomic mass is 10.0. The Balaban J connectivity index is 1.79. The first-order valence-corrected chi connectivity index (χ1v) is 9.95. The molecule has 2 amide bonds. The summed E-state index contributed by atoms with van der Waals surface area (Å²) in [6.45, 7) is 0. The highest BCUT2D eigenvalue weighted by atomic mass is 16.6. The largest absolute Gasteiger partial charge is 0.310 e. The Bertz CT molecular complexity index is 1330. The summed E-state index contributed by atoms with van der Waals surface area (Å²) in [5.74, 6) is -0.602. The molecule has 156 valence electrons. The summed E-state index contributed by atoms with van der Waals surface area (Å²) < 4.78 is 0. The van der Waals surface area contributed by atoms with E-state index >= 15 is 0 Å². The number of carbonyl (C=O) groups is 2. The molecule has 0 unspecified atom stereocenters. The second-order valence-corrected chi connectivity index (χ2v) is 7.46. The SMILES string of the molecule is CN1C(=O)C2=C(c3ccc([N+](=O)[O-])cc3)N(c3ccccc3)C(=O)C2=C1c1ccccc1. The molecule has 2 aliphatic heterocycles. The maximum atomic E-state index is 13.8. The lowest BCUT2D eigenvalue weighted by Crippen LogP contribution is -2.28. The smallest absolute Gasteiger partial charge is 0.269 e. The summed E-state index contributed by atoms with van der Waals surface area (Å²) in [5.41, 5.74) is 3.47. The van der Waals surface area contributed by atoms with Gasteiger partial charge in [0, 0.05) is 24.9 Å². The topological polar surface area (TPSA) is 83.8 Å². The number of non-ortho nitro benzene ring substituents is 1. The standard InChI is InChI=1S/C25H17N3O4/c1-26-22(16-8-4-2-5-9-16)20-21(24(26)29)23(17-12-14-19(15-13-17)28(31)32)27(25(20)30)18-10-6-3-7-11-18/h2-15H,1H3. The Morgan fingerprint density at radius 2 is 1.22 bits per heavy atom. The second-order valence-electron chi connectivity index (χ2n) is 7.46. The number of amides is 2. The van der Waals surface area contributed by atoms with Crippen LogP contribution < -0.4 is 4.90 Å². The molecule has 3 aromatic carbocycles. The Labute approximate surface area is 183 Å². The van der Waals surface area contributed by atoms with Crippen LogP contribution in [0.4, 0.5) is 11.4 Å². The molecule has 2 aliphatic rings. The fraction of sp³-hybridized carbons (Fsp3) is 0.0400. The van der Waals surface area contributed by atoms with E-state index in [1.807, 2.05) is 48.5 Å². The highest BCUT2D eigenvalue weighted by Crippen LogP contribution is 2.47. The van der Waals surface area contributed by atoms with Crippen LogP contribution in [0, 0.1) is 10.1 Å². The van der Waals surface area contributed by atoms with Crippen molar-refractivity contribution in [1.82, 2.24) is 4.90 Å². The molecule has 0 spiro atoms. The molecular formula is C25H17N3O4. The minimum absolute atomic E-state index is 0.0643. The highest BCUT2D eigenvalue weighted by Gasteiger charge is 2.48. The maximum Gasteiger partial charge on any atom is 0.269 e. The zero-order chi connectivity index (χ0) is 22.4. The number of fused-ring (bicyclic) bond motifs is 1. The van der Waals surface area contributed by atoms with Crippen molar-refractivity contribution in [3.63, 3.8) is 0 Å². The third-order valence-electron chi connectivity index (χ3n) is 5.63. The molecule has 0 saturated heterocycles. The second kappa shape index (κ2) is 7.31. The fourth-order valence-electron chi connectivity index (χ4n) is 4.19. The van der Waals surface area contributed by atoms with Crippen molar-refractivity contribution in [1.29, 1.82) is 0 Å². The van der Waals surface area contributed by atoms with Crippen LogP contribution in [0.2, 0.25) is 0 Å². The van der Waals surface area contributed by atoms with Crippen LogP contribution in [0.3, 0.4) is 0 Å². The number of rotatable bonds is 4. The third kappa shape index (κ3) is 2.83. The summed E-state index contributed by atoms with van der Waals surface area (Å²) in [6.07, 6.45) is 0. The molecule has 0 radical (unpaired) electrons. The van der Waals surface area contributed by atoms with Crippen LogP contribution >= 0.6 is 0 Å². The van der Waals surface area contributed by atoms with Gasteiger partial charge in [-0.05, 0) is 35.4 Å². The van der Waals surface area contributed by atoms with Gasteiger partial charge in [-0.1, -0.05) is 48.5 Å². The molecule has 0 saturated carbocycles. The molecule has 0 aliphatic carbocycles. The first-order chi connectivity index (χ1) is 15.5. The van der Waals surface area contributed by atoms with Crippen LogP contribution in [0.1, 0.15) is 11.1 Å². The Kier molecular flexibility index (Phi) is 4.44. The van der Waals surface area contributed by atoms with Gasteiger partial charge in [0.15, 0.2) is 0 Å². The van der Waals surface area contributed by atoms with Crippen molar-refractivity contribution >= 4 is 34.6 Å². The van der Waals surface area contributed by atoms with E-state index in [0.717, 1.165) is 5.56 Å². The summed E-state index contributed by atoms with van der Waals surface area (Å²) in [4.78, 5) is 40.8. The summed E-state index contributed by atoms with van der Waals surface area (Å²) in [6, 6.07) is 24.3. The predicted octanol–water partition coefficient (Wildman–Crippen LogP) is 4.24. The highest BCUT2D eigenvalue weighted by molar-refractivity contribution is 6.36. The van der Waals surface area contributed by atoms with Gasteiger partial charge in [-0.2, -0.15) is 0 Å². The molecule has 0 bridgehead atoms. The number of nitro benzene ring substituents is 1. The van der Waals surface area contributed by atoms with E-state index < -0.39 is 4.92 Å². The monoisotopic (exact) mass is 423 g/mol. The summed E-state index contributed by atoms with van der Waals surface area (Å²) in [7, 11) is 1.65. The van der Waals surface area contributed by atoms with E-state index in [1.165, 1.54) is 21.9 Å². The van der Waals surface area contributed by atoms with Gasteiger partial charge in [-0.15, -0.1) is 0 Å². The van der Waals surface area contributed by atoms with Gasteiger partial charge in [0.2, 0.25) is 0 Å². The average molecular weight is 423 g/mol. The number of carbonyl (C=O) groups excluding carboxylic acids is 2. The van der Waals surface area contributed by atoms with E-state index in [-0.39, 0.29) is 17.5 Å². The molecule has 0 N–H and O–H groups in total. The number of anilines is 1. The molecular weight excluding hydrogens is 406 g/mol. The Morgan fingerprint density at radius 1 is 0.688 bits per heavy atom. The van der Waals surface area contributed by atoms with Crippen molar-refractivity contribution in [2.45, 2.75) is 0 Å². The van der Waals surface area contributed by atoms with Crippen molar-refractivity contribution < 1.29 is 14.5 Å². The van der Waals surface area contributed by atoms with E-state index in [9.17, 15) is 19.7 Å². The zero-order valence-corrected chi connectivity index (χ0v) is 17.1. The van der Waals surface area contributed by atoms with Crippen molar-refractivity contribution in [2.75, 3.05) is 11.9 Å². The van der Waals surface area contributed by atoms with Crippen LogP contribution in [0.15, 0.2) is 96.1 Å². The molecule has 7 nitrogen and oxygen atoms in total. The number of benzene rings is 3. The quantitative estimate of drug-likeness (QED) is 0.464. The van der Waals surface area contributed by atoms with Crippen LogP contribution in [-0.2, 0) is 9.59 Å². The van der Waals surface area contributed by atoms with E-state index in [0.29, 0.717) is 33.8 Å². The average Bonchev–Trinajstić information content (AvgIpc) is 3.26. The molecule has 0 atom stereocenters. The van der Waals surface area contributed by atoms with Gasteiger partial charge < -0.3 is 4.90 Å². The van der Waals surface area contributed by atoms with Crippen LogP contribution in [0.5, 0.6) is 0 Å². The summed E-state index contributed by atoms with van der Waals surface area (Å²) >= 11 is 0. The van der Waals surface area contributed by atoms with E-state index in [2.05, 4.69) is 0 Å². The van der Waals surface area contributed by atoms with Gasteiger partial charge in [0.05, 0.1) is 27.5 Å². The maximum absolute atomic E-state index is 13.8. The van der Waals surface area contributed by atoms with Crippen LogP contribution in [0.25, 0.3) is 11.4 Å². The lowest BCUT2D eigenvalue weighted by molar-refractivity contribution is -0.384. The molecule has 32 heavy (non-hydrogen) atoms.